The molecule has 6 heteroatoms. The van der Waals surface area contributed by atoms with Crippen LogP contribution in [0.3, 0.4) is 0 Å². The van der Waals surface area contributed by atoms with Crippen molar-refractivity contribution in [2.45, 2.75) is 32.6 Å². The van der Waals surface area contributed by atoms with Crippen LogP contribution in [0.25, 0.3) is 0 Å². The molecule has 0 aromatic carbocycles. The molecule has 0 amide bonds. The average molecular weight is 265 g/mol. The first-order valence-electron chi connectivity index (χ1n) is 5.99. The average Bonchev–Trinajstić information content (AvgIpc) is 2.21. The number of nitrogens with one attached hydrogen (secondary N) is 1. The van der Waals surface area contributed by atoms with Crippen LogP contribution >= 0.6 is 0 Å². The summed E-state index contributed by atoms with van der Waals surface area (Å²) in [4.78, 5) is 11.0. The molecule has 0 aromatic heterocycles. The number of ether oxygens (including phenoxy) is 1. The second-order valence-corrected chi connectivity index (χ2v) is 6.26. The molecule has 0 saturated carbocycles. The lowest BCUT2D eigenvalue weighted by Crippen LogP contribution is -2.23. The first kappa shape index (κ1) is 16.4. The van der Waals surface area contributed by atoms with E-state index in [-0.39, 0.29) is 11.7 Å². The molecule has 0 aliphatic rings. The van der Waals surface area contributed by atoms with E-state index in [4.69, 9.17) is 4.74 Å². The van der Waals surface area contributed by atoms with Gasteiger partial charge in [0.2, 0.25) is 0 Å². The number of sulfone groups is 1. The van der Waals surface area contributed by atoms with Gasteiger partial charge in [0.15, 0.2) is 0 Å². The predicted molar refractivity (Wildman–Crippen MR) is 67.7 cm³/mol. The summed E-state index contributed by atoms with van der Waals surface area (Å²) in [7, 11) is -2.86. The zero-order valence-electron chi connectivity index (χ0n) is 10.7. The van der Waals surface area contributed by atoms with Gasteiger partial charge >= 0.3 is 5.97 Å². The first-order chi connectivity index (χ1) is 7.95. The van der Waals surface area contributed by atoms with E-state index in [1.165, 1.54) is 6.26 Å². The SMILES string of the molecule is CCOC(=O)CCCCCNCCS(C)(=O)=O. The van der Waals surface area contributed by atoms with Crippen LogP contribution in [0.4, 0.5) is 0 Å². The van der Waals surface area contributed by atoms with Crippen LogP contribution in [0.15, 0.2) is 0 Å². The lowest BCUT2D eigenvalue weighted by Gasteiger charge is -2.04. The van der Waals surface area contributed by atoms with Crippen molar-refractivity contribution in [3.8, 4) is 0 Å². The normalized spacial score (nSPS) is 11.4. The molecule has 17 heavy (non-hydrogen) atoms. The second kappa shape index (κ2) is 9.41. The van der Waals surface area contributed by atoms with Gasteiger partial charge in [-0.15, -0.1) is 0 Å². The Morgan fingerprint density at radius 2 is 1.88 bits per heavy atom. The van der Waals surface area contributed by atoms with Gasteiger partial charge in [0.05, 0.1) is 12.4 Å². The molecule has 0 heterocycles. The molecule has 0 rings (SSSR count). The minimum absolute atomic E-state index is 0.141. The van der Waals surface area contributed by atoms with Gasteiger partial charge < -0.3 is 10.1 Å². The van der Waals surface area contributed by atoms with Gasteiger partial charge in [0.25, 0.3) is 0 Å². The van der Waals surface area contributed by atoms with Crippen molar-refractivity contribution in [2.75, 3.05) is 31.7 Å². The minimum Gasteiger partial charge on any atom is -0.466 e. The van der Waals surface area contributed by atoms with Crippen LogP contribution in [-0.2, 0) is 19.4 Å². The predicted octanol–water partition coefficient (Wildman–Crippen LogP) is 0.744. The zero-order chi connectivity index (χ0) is 13.1. The summed E-state index contributed by atoms with van der Waals surface area (Å²) < 4.78 is 26.4. The third-order valence-electron chi connectivity index (χ3n) is 2.19. The zero-order valence-corrected chi connectivity index (χ0v) is 11.5. The fraction of sp³-hybridized carbons (Fsp3) is 0.909. The van der Waals surface area contributed by atoms with Crippen LogP contribution in [0.5, 0.6) is 0 Å². The molecule has 0 aliphatic carbocycles. The largest absolute Gasteiger partial charge is 0.466 e. The Balaban J connectivity index is 3.22. The van der Waals surface area contributed by atoms with E-state index < -0.39 is 9.84 Å². The molecule has 0 unspecified atom stereocenters. The van der Waals surface area contributed by atoms with Crippen molar-refractivity contribution in [1.29, 1.82) is 0 Å². The summed E-state index contributed by atoms with van der Waals surface area (Å²) in [5.74, 6) is 0.0352. The number of hydrogen-bond donors (Lipinski definition) is 1. The van der Waals surface area contributed by atoms with Gasteiger partial charge in [0, 0.05) is 19.2 Å². The number of carbonyl (C=O) groups is 1. The van der Waals surface area contributed by atoms with Crippen LogP contribution in [0.2, 0.25) is 0 Å². The second-order valence-electron chi connectivity index (χ2n) is 4.00. The standard InChI is InChI=1S/C11H23NO4S/c1-3-16-11(13)7-5-4-6-8-12-9-10-17(2,14)15/h12H,3-10H2,1-2H3. The van der Waals surface area contributed by atoms with Crippen LogP contribution < -0.4 is 5.32 Å². The highest BCUT2D eigenvalue weighted by Crippen LogP contribution is 2.00. The van der Waals surface area contributed by atoms with Gasteiger partial charge in [-0.2, -0.15) is 0 Å². The minimum atomic E-state index is -2.86. The number of hydrogen-bond acceptors (Lipinski definition) is 5. The summed E-state index contributed by atoms with van der Waals surface area (Å²) in [5.41, 5.74) is 0. The van der Waals surface area contributed by atoms with Crippen molar-refractivity contribution in [2.24, 2.45) is 0 Å². The van der Waals surface area contributed by atoms with Gasteiger partial charge in [0.1, 0.15) is 9.84 Å². The van der Waals surface area contributed by atoms with E-state index in [9.17, 15) is 13.2 Å². The highest BCUT2D eigenvalue weighted by Gasteiger charge is 2.01. The highest BCUT2D eigenvalue weighted by molar-refractivity contribution is 7.90. The maximum absolute atomic E-state index is 11.0. The maximum Gasteiger partial charge on any atom is 0.305 e. The molecule has 1 N–H and O–H groups in total. The Bertz CT molecular complexity index is 301. The van der Waals surface area contributed by atoms with Crippen molar-refractivity contribution < 1.29 is 17.9 Å². The summed E-state index contributed by atoms with van der Waals surface area (Å²) in [6, 6.07) is 0. The van der Waals surface area contributed by atoms with Crippen molar-refractivity contribution in [1.82, 2.24) is 5.32 Å². The van der Waals surface area contributed by atoms with Crippen LogP contribution in [-0.4, -0.2) is 46.1 Å². The third kappa shape index (κ3) is 13.3. The fourth-order valence-electron chi connectivity index (χ4n) is 1.31. The molecular weight excluding hydrogens is 242 g/mol. The lowest BCUT2D eigenvalue weighted by molar-refractivity contribution is -0.143. The Labute approximate surface area is 104 Å². The molecule has 0 aliphatic heterocycles. The summed E-state index contributed by atoms with van der Waals surface area (Å²) in [6.45, 7) is 3.52. The molecule has 0 aromatic rings. The molecule has 0 bridgehead atoms. The van der Waals surface area contributed by atoms with Crippen molar-refractivity contribution in [3.63, 3.8) is 0 Å². The summed E-state index contributed by atoms with van der Waals surface area (Å²) >= 11 is 0. The molecule has 0 spiro atoms. The number of esters is 1. The Hall–Kier alpha value is -0.620. The highest BCUT2D eigenvalue weighted by atomic mass is 32.2. The Morgan fingerprint density at radius 3 is 2.47 bits per heavy atom. The smallest absolute Gasteiger partial charge is 0.305 e. The van der Waals surface area contributed by atoms with Crippen LogP contribution in [0.1, 0.15) is 32.6 Å². The van der Waals surface area contributed by atoms with Gasteiger partial charge in [-0.1, -0.05) is 6.42 Å². The molecule has 0 radical (unpaired) electrons. The molecular formula is C11H23NO4S. The molecule has 0 atom stereocenters. The number of rotatable bonds is 10. The van der Waals surface area contributed by atoms with E-state index in [2.05, 4.69) is 5.32 Å². The van der Waals surface area contributed by atoms with Crippen molar-refractivity contribution in [3.05, 3.63) is 0 Å². The monoisotopic (exact) mass is 265 g/mol. The fourth-order valence-corrected chi connectivity index (χ4v) is 1.83. The molecule has 102 valence electrons. The van der Waals surface area contributed by atoms with E-state index in [1.807, 2.05) is 0 Å². The quantitative estimate of drug-likeness (QED) is 0.466. The van der Waals surface area contributed by atoms with Gasteiger partial charge in [-0.05, 0) is 26.3 Å². The maximum atomic E-state index is 11.0. The third-order valence-corrected chi connectivity index (χ3v) is 3.14. The van der Waals surface area contributed by atoms with E-state index >= 15 is 0 Å². The van der Waals surface area contributed by atoms with Gasteiger partial charge in [-0.3, -0.25) is 4.79 Å². The van der Waals surface area contributed by atoms with E-state index in [0.29, 0.717) is 19.6 Å². The summed E-state index contributed by atoms with van der Waals surface area (Å²) in [5, 5.41) is 3.06. The van der Waals surface area contributed by atoms with E-state index in [0.717, 1.165) is 25.8 Å². The lowest BCUT2D eigenvalue weighted by atomic mass is 10.2. The molecule has 5 nitrogen and oxygen atoms in total. The van der Waals surface area contributed by atoms with Crippen molar-refractivity contribution >= 4 is 15.8 Å². The Kier molecular flexibility index (Phi) is 9.07. The number of carbonyl (C=O) groups excluding carboxylic acids is 1. The topological polar surface area (TPSA) is 72.5 Å². The Morgan fingerprint density at radius 1 is 1.18 bits per heavy atom. The van der Waals surface area contributed by atoms with Crippen LogP contribution in [0, 0.1) is 0 Å². The van der Waals surface area contributed by atoms with Gasteiger partial charge in [-0.25, -0.2) is 8.42 Å². The first-order valence-corrected chi connectivity index (χ1v) is 8.06. The summed E-state index contributed by atoms with van der Waals surface area (Å²) in [6.07, 6.45) is 4.42. The molecule has 0 fully saturated rings. The molecule has 0 saturated heterocycles. The van der Waals surface area contributed by atoms with E-state index in [1.54, 1.807) is 6.92 Å². The number of unbranched alkanes of at least 4 members (excludes halogenated alkanes) is 2.